The molecule has 0 aromatic rings. The highest BCUT2D eigenvalue weighted by molar-refractivity contribution is 8.19. The fourth-order valence-electron chi connectivity index (χ4n) is 1.65. The quantitative estimate of drug-likeness (QED) is 0.721. The van der Waals surface area contributed by atoms with Crippen molar-refractivity contribution in [1.29, 1.82) is 0 Å². The molecule has 98 valence electrons. The number of carbonyl (C=O) groups is 1. The molecule has 0 aromatic heterocycles. The molecule has 1 aliphatic rings. The second kappa shape index (κ2) is 6.59. The van der Waals surface area contributed by atoms with Gasteiger partial charge in [-0.1, -0.05) is 0 Å². The van der Waals surface area contributed by atoms with E-state index in [2.05, 4.69) is 6.92 Å². The summed E-state index contributed by atoms with van der Waals surface area (Å²) >= 11 is 3.19. The van der Waals surface area contributed by atoms with Crippen LogP contribution in [0.2, 0.25) is 0 Å². The Balaban J connectivity index is 2.87. The predicted octanol–water partition coefficient (Wildman–Crippen LogP) is 3.06. The third kappa shape index (κ3) is 3.35. The summed E-state index contributed by atoms with van der Waals surface area (Å²) in [6.07, 6.45) is 2.57. The fraction of sp³-hybridized carbons (Fsp3) is 0.750. The van der Waals surface area contributed by atoms with Crippen molar-refractivity contribution in [3.05, 3.63) is 11.3 Å². The van der Waals surface area contributed by atoms with Gasteiger partial charge in [0.1, 0.15) is 0 Å². The van der Waals surface area contributed by atoms with E-state index < -0.39 is 4.08 Å². The maximum Gasteiger partial charge on any atom is 0.332 e. The van der Waals surface area contributed by atoms with Crippen molar-refractivity contribution in [2.75, 3.05) is 25.2 Å². The average Bonchev–Trinajstić information content (AvgIpc) is 2.33. The zero-order valence-electron chi connectivity index (χ0n) is 10.9. The summed E-state index contributed by atoms with van der Waals surface area (Å²) in [7, 11) is 0. The summed E-state index contributed by atoms with van der Waals surface area (Å²) in [4.78, 5) is 12.1. The molecule has 5 heteroatoms. The summed E-state index contributed by atoms with van der Waals surface area (Å²) in [6.45, 7) is 6.93. The van der Waals surface area contributed by atoms with Gasteiger partial charge in [0, 0.05) is 12.2 Å². The Morgan fingerprint density at radius 3 is 2.71 bits per heavy atom. The Hall–Kier alpha value is -0.290. The van der Waals surface area contributed by atoms with Gasteiger partial charge in [0.15, 0.2) is 4.08 Å². The van der Waals surface area contributed by atoms with E-state index in [0.717, 1.165) is 11.5 Å². The van der Waals surface area contributed by atoms with Gasteiger partial charge in [0.25, 0.3) is 0 Å². The molecule has 0 saturated carbocycles. The molecule has 0 saturated heterocycles. The van der Waals surface area contributed by atoms with Gasteiger partial charge in [-0.25, -0.2) is 4.79 Å². The number of hydrogen-bond donors (Lipinski definition) is 0. The van der Waals surface area contributed by atoms with Gasteiger partial charge < -0.3 is 9.47 Å². The van der Waals surface area contributed by atoms with Crippen LogP contribution < -0.4 is 0 Å². The SMILES string of the molecule is CCOC(=O)C1(SC)CC(OCC)=C(C)CS1. The van der Waals surface area contributed by atoms with E-state index in [-0.39, 0.29) is 5.97 Å². The number of thioether (sulfide) groups is 2. The Morgan fingerprint density at radius 2 is 2.18 bits per heavy atom. The Labute approximate surface area is 112 Å². The van der Waals surface area contributed by atoms with Gasteiger partial charge in [-0.3, -0.25) is 0 Å². The summed E-state index contributed by atoms with van der Waals surface area (Å²) in [5.74, 6) is 1.64. The van der Waals surface area contributed by atoms with Gasteiger partial charge in [0.2, 0.25) is 0 Å². The molecule has 0 aromatic carbocycles. The molecule has 0 radical (unpaired) electrons. The lowest BCUT2D eigenvalue weighted by Crippen LogP contribution is -2.37. The van der Waals surface area contributed by atoms with Gasteiger partial charge in [-0.05, 0) is 32.6 Å². The van der Waals surface area contributed by atoms with Crippen LogP contribution in [0.25, 0.3) is 0 Å². The van der Waals surface area contributed by atoms with Crippen molar-refractivity contribution in [2.24, 2.45) is 0 Å². The highest BCUT2D eigenvalue weighted by atomic mass is 32.2. The molecule has 3 nitrogen and oxygen atoms in total. The molecule has 0 spiro atoms. The smallest absolute Gasteiger partial charge is 0.332 e. The van der Waals surface area contributed by atoms with Crippen LogP contribution in [0.4, 0.5) is 0 Å². The third-order valence-electron chi connectivity index (χ3n) is 2.63. The van der Waals surface area contributed by atoms with Gasteiger partial charge in [-0.2, -0.15) is 0 Å². The van der Waals surface area contributed by atoms with Crippen LogP contribution in [0.3, 0.4) is 0 Å². The fourth-order valence-corrected chi connectivity index (χ4v) is 3.82. The molecule has 0 amide bonds. The maximum absolute atomic E-state index is 12.1. The summed E-state index contributed by atoms with van der Waals surface area (Å²) < 4.78 is 10.3. The average molecular weight is 276 g/mol. The summed E-state index contributed by atoms with van der Waals surface area (Å²) in [6, 6.07) is 0. The molecule has 1 aliphatic heterocycles. The first-order valence-corrected chi connectivity index (χ1v) is 7.98. The lowest BCUT2D eigenvalue weighted by Gasteiger charge is -2.34. The highest BCUT2D eigenvalue weighted by Crippen LogP contribution is 2.47. The maximum atomic E-state index is 12.1. The second-order valence-electron chi connectivity index (χ2n) is 3.78. The van der Waals surface area contributed by atoms with Crippen LogP contribution in [0, 0.1) is 0 Å². The monoisotopic (exact) mass is 276 g/mol. The third-order valence-corrected chi connectivity index (χ3v) is 5.80. The molecule has 1 atom stereocenters. The zero-order chi connectivity index (χ0) is 12.9. The molecule has 1 unspecified atom stereocenters. The number of esters is 1. The Morgan fingerprint density at radius 1 is 1.47 bits per heavy atom. The van der Waals surface area contributed by atoms with Gasteiger partial charge >= 0.3 is 5.97 Å². The van der Waals surface area contributed by atoms with Crippen molar-refractivity contribution >= 4 is 29.5 Å². The van der Waals surface area contributed by atoms with Crippen LogP contribution in [0.5, 0.6) is 0 Å². The van der Waals surface area contributed by atoms with E-state index in [1.165, 1.54) is 5.57 Å². The molecule has 0 aliphatic carbocycles. The highest BCUT2D eigenvalue weighted by Gasteiger charge is 2.44. The summed E-state index contributed by atoms with van der Waals surface area (Å²) in [5.41, 5.74) is 1.23. The first kappa shape index (κ1) is 14.8. The minimum absolute atomic E-state index is 0.137. The van der Waals surface area contributed by atoms with Crippen LogP contribution in [0.15, 0.2) is 11.3 Å². The normalized spacial score (nSPS) is 24.7. The Bertz CT molecular complexity index is 315. The lowest BCUT2D eigenvalue weighted by atomic mass is 10.1. The van der Waals surface area contributed by atoms with Crippen molar-refractivity contribution in [2.45, 2.75) is 31.3 Å². The van der Waals surface area contributed by atoms with E-state index in [1.54, 1.807) is 23.5 Å². The molecule has 1 rings (SSSR count). The van der Waals surface area contributed by atoms with E-state index in [9.17, 15) is 4.79 Å². The van der Waals surface area contributed by atoms with Crippen LogP contribution >= 0.6 is 23.5 Å². The molecular weight excluding hydrogens is 256 g/mol. The largest absolute Gasteiger partial charge is 0.498 e. The van der Waals surface area contributed by atoms with Gasteiger partial charge in [-0.15, -0.1) is 23.5 Å². The minimum atomic E-state index is -0.528. The summed E-state index contributed by atoms with van der Waals surface area (Å²) in [5, 5.41) is 0. The first-order valence-electron chi connectivity index (χ1n) is 5.77. The van der Waals surface area contributed by atoms with Crippen LogP contribution in [-0.2, 0) is 14.3 Å². The first-order chi connectivity index (χ1) is 8.09. The lowest BCUT2D eigenvalue weighted by molar-refractivity contribution is -0.143. The zero-order valence-corrected chi connectivity index (χ0v) is 12.5. The number of hydrogen-bond acceptors (Lipinski definition) is 5. The van der Waals surface area contributed by atoms with E-state index in [1.807, 2.05) is 20.1 Å². The molecular formula is C12H20O3S2. The molecule has 17 heavy (non-hydrogen) atoms. The van der Waals surface area contributed by atoms with Crippen LogP contribution in [0.1, 0.15) is 27.2 Å². The van der Waals surface area contributed by atoms with Gasteiger partial charge in [0.05, 0.1) is 19.0 Å². The minimum Gasteiger partial charge on any atom is -0.498 e. The van der Waals surface area contributed by atoms with E-state index >= 15 is 0 Å². The second-order valence-corrected chi connectivity index (χ2v) is 6.42. The molecule has 0 N–H and O–H groups in total. The number of rotatable bonds is 5. The van der Waals surface area contributed by atoms with Crippen molar-refractivity contribution in [3.63, 3.8) is 0 Å². The molecule has 0 bridgehead atoms. The van der Waals surface area contributed by atoms with E-state index in [0.29, 0.717) is 19.6 Å². The molecule has 0 fully saturated rings. The van der Waals surface area contributed by atoms with Crippen molar-refractivity contribution < 1.29 is 14.3 Å². The number of carbonyl (C=O) groups excluding carboxylic acids is 1. The predicted molar refractivity (Wildman–Crippen MR) is 74.3 cm³/mol. The number of allylic oxidation sites excluding steroid dienone is 1. The molecule has 1 heterocycles. The standard InChI is InChI=1S/C12H20O3S2/c1-5-14-10-7-12(16-4,11(13)15-6-2)17-8-9(10)3/h5-8H2,1-4H3. The van der Waals surface area contributed by atoms with E-state index in [4.69, 9.17) is 9.47 Å². The Kier molecular flexibility index (Phi) is 5.73. The number of ether oxygens (including phenoxy) is 2. The van der Waals surface area contributed by atoms with Crippen LogP contribution in [-0.4, -0.2) is 35.3 Å². The van der Waals surface area contributed by atoms with Crippen molar-refractivity contribution in [1.82, 2.24) is 0 Å². The van der Waals surface area contributed by atoms with Crippen molar-refractivity contribution in [3.8, 4) is 0 Å². The topological polar surface area (TPSA) is 35.5 Å².